The van der Waals surface area contributed by atoms with Crippen LogP contribution in [0.1, 0.15) is 0 Å². The summed E-state index contributed by atoms with van der Waals surface area (Å²) in [5.74, 6) is 3.53. The molecule has 10 nitrogen and oxygen atoms in total. The van der Waals surface area contributed by atoms with Crippen LogP contribution in [-0.2, 0) is 0 Å². The van der Waals surface area contributed by atoms with Crippen LogP contribution < -0.4 is 0 Å². The topological polar surface area (TPSA) is 113 Å². The van der Waals surface area contributed by atoms with Gasteiger partial charge >= 0.3 is 0 Å². The van der Waals surface area contributed by atoms with E-state index in [9.17, 15) is 0 Å². The smallest absolute Gasteiger partial charge is 0.164 e. The second-order valence-electron chi connectivity index (χ2n) is 32.8. The van der Waals surface area contributed by atoms with Gasteiger partial charge in [0.15, 0.2) is 46.1 Å². The molecule has 6 aromatic heterocycles. The number of rotatable bonds is 15. The van der Waals surface area contributed by atoms with E-state index < -0.39 is 0 Å². The normalized spacial score (nSPS) is 11.5. The average molecular weight is 1660 g/mol. The first kappa shape index (κ1) is 76.1. The second-order valence-corrected chi connectivity index (χ2v) is 32.8. The molecule has 25 rings (SSSR count). The molecule has 0 saturated heterocycles. The molecule has 0 saturated carbocycles. The maximum absolute atomic E-state index is 7.06. The number of benzene rings is 19. The zero-order chi connectivity index (χ0) is 86.0. The number of nitrogens with zero attached hydrogens (tertiary/aromatic N) is 8. The third-order valence-corrected chi connectivity index (χ3v) is 24.9. The molecule has 0 bridgehead atoms. The number of hydrogen-bond donors (Lipinski definition) is 0. The van der Waals surface area contributed by atoms with Gasteiger partial charge in [0.1, 0.15) is 11.2 Å². The minimum absolute atomic E-state index is 0.565. The summed E-state index contributed by atoms with van der Waals surface area (Å²) in [5, 5.41) is 8.76. The van der Waals surface area contributed by atoms with Gasteiger partial charge in [-0.2, -0.15) is 0 Å². The number of fused-ring (bicyclic) bond motifs is 14. The molecule has 10 heteroatoms. The van der Waals surface area contributed by atoms with Crippen LogP contribution in [0.15, 0.2) is 470 Å². The van der Waals surface area contributed by atoms with E-state index in [1.165, 1.54) is 27.5 Å². The van der Waals surface area contributed by atoms with Crippen LogP contribution in [0.4, 0.5) is 0 Å². The van der Waals surface area contributed by atoms with Gasteiger partial charge in [-0.25, -0.2) is 29.9 Å². The van der Waals surface area contributed by atoms with Crippen molar-refractivity contribution in [2.75, 3.05) is 0 Å². The van der Waals surface area contributed by atoms with E-state index in [4.69, 9.17) is 38.7 Å². The lowest BCUT2D eigenvalue weighted by molar-refractivity contribution is 0.671. The van der Waals surface area contributed by atoms with Crippen molar-refractivity contribution in [3.05, 3.63) is 461 Å². The van der Waals surface area contributed by atoms with Crippen LogP contribution in [0.5, 0.6) is 0 Å². The standard InChI is InChI=1S/C63H40N4O.C57H36N4O/c1-4-15-41(16-5-1)44-29-31-45(32-30-44)48-23-14-26-52(39-48)67-57-28-11-10-27-53(57)55-35-36-56-54-34-33-51(40-58(54)68-60(56)59(55)67)63-65-61(49-24-12-21-46(37-49)42-17-6-2-7-18-42)64-62(66-63)50-25-13-22-47(38-50)43-19-8-3-9-20-43;1-4-14-37(15-5-1)40-26-28-41(29-27-40)55-58-56(44-22-12-20-42(34-44)38-16-6-2-7-17-38)60-57(59-55)45-30-31-48-50-33-32-49-47-24-10-11-25-51(47)61(53(49)54(50)62-52(48)36-45)46-23-13-21-43(35-46)39-18-8-3-9-19-39/h1-40H;1-36H. The van der Waals surface area contributed by atoms with Crippen molar-refractivity contribution in [2.24, 2.45) is 0 Å². The predicted molar refractivity (Wildman–Crippen MR) is 534 cm³/mol. The van der Waals surface area contributed by atoms with E-state index in [1.807, 2.05) is 24.3 Å². The average Bonchev–Trinajstić information content (AvgIpc) is 1.56. The van der Waals surface area contributed by atoms with Crippen molar-refractivity contribution in [1.29, 1.82) is 0 Å². The predicted octanol–water partition coefficient (Wildman–Crippen LogP) is 31.4. The molecular formula is C120H76N8O2. The summed E-state index contributed by atoms with van der Waals surface area (Å²) >= 11 is 0. The number of hydrogen-bond acceptors (Lipinski definition) is 8. The summed E-state index contributed by atoms with van der Waals surface area (Å²) < 4.78 is 18.8. The molecule has 0 spiro atoms. The third kappa shape index (κ3) is 14.1. The molecule has 608 valence electrons. The first-order valence-electron chi connectivity index (χ1n) is 43.8. The third-order valence-electron chi connectivity index (χ3n) is 24.9. The minimum Gasteiger partial charge on any atom is -0.454 e. The van der Waals surface area contributed by atoms with Crippen molar-refractivity contribution >= 4 is 87.5 Å². The molecule has 0 aliphatic carbocycles. The molecule has 0 aliphatic rings. The zero-order valence-corrected chi connectivity index (χ0v) is 70.3. The molecule has 0 atom stereocenters. The molecule has 0 radical (unpaired) electrons. The highest BCUT2D eigenvalue weighted by Crippen LogP contribution is 2.46. The molecule has 0 aliphatic heterocycles. The van der Waals surface area contributed by atoms with Crippen molar-refractivity contribution in [2.45, 2.75) is 0 Å². The van der Waals surface area contributed by atoms with Crippen LogP contribution in [0.3, 0.4) is 0 Å². The molecule has 0 fully saturated rings. The first-order chi connectivity index (χ1) is 64.4. The highest BCUT2D eigenvalue weighted by molar-refractivity contribution is 6.23. The van der Waals surface area contributed by atoms with Crippen LogP contribution in [0, 0.1) is 0 Å². The molecule has 0 N–H and O–H groups in total. The van der Waals surface area contributed by atoms with Gasteiger partial charge in [-0.3, -0.25) is 0 Å². The maximum Gasteiger partial charge on any atom is 0.164 e. The highest BCUT2D eigenvalue weighted by atomic mass is 16.3. The summed E-state index contributed by atoms with van der Waals surface area (Å²) in [6.07, 6.45) is 0. The SMILES string of the molecule is c1ccc(-c2ccc(-c3cccc(-n4c5ccccc5c5ccc6c7ccc(-c8nc(-c9cccc(-c%10ccccc%10)c9)nc(-c9cccc(-c%10ccccc%10)c9)n8)cc7oc6c54)c3)cc2)cc1.c1ccc(-c2ccc(-c3nc(-c4cccc(-c5ccccc5)c4)nc(-c4ccc5c(c4)oc4c5ccc5c6ccccc6n(-c6cccc(-c7ccccc7)c6)c54)n3)cc2)cc1. The van der Waals surface area contributed by atoms with Crippen LogP contribution in [-0.4, -0.2) is 39.0 Å². The Hall–Kier alpha value is -17.6. The minimum atomic E-state index is 0.565. The van der Waals surface area contributed by atoms with Gasteiger partial charge in [0, 0.05) is 87.8 Å². The number of para-hydroxylation sites is 2. The Balaban J connectivity index is 0.000000145. The largest absolute Gasteiger partial charge is 0.454 e. The lowest BCUT2D eigenvalue weighted by atomic mass is 10.00. The van der Waals surface area contributed by atoms with E-state index in [-0.39, 0.29) is 0 Å². The Kier molecular flexibility index (Phi) is 19.0. The Morgan fingerprint density at radius 2 is 0.369 bits per heavy atom. The maximum atomic E-state index is 7.06. The van der Waals surface area contributed by atoms with E-state index in [0.717, 1.165) is 183 Å². The lowest BCUT2D eigenvalue weighted by Crippen LogP contribution is -2.00. The van der Waals surface area contributed by atoms with E-state index in [0.29, 0.717) is 34.9 Å². The monoisotopic (exact) mass is 1660 g/mol. The molecule has 6 heterocycles. The zero-order valence-electron chi connectivity index (χ0n) is 70.3. The summed E-state index contributed by atoms with van der Waals surface area (Å²) in [6, 6.07) is 161. The molecule has 19 aromatic carbocycles. The first-order valence-corrected chi connectivity index (χ1v) is 43.8. The Labute approximate surface area is 749 Å². The van der Waals surface area contributed by atoms with Gasteiger partial charge in [-0.05, 0) is 169 Å². The van der Waals surface area contributed by atoms with Crippen molar-refractivity contribution in [3.8, 4) is 158 Å². The summed E-state index contributed by atoms with van der Waals surface area (Å²) in [4.78, 5) is 30.9. The molecule has 0 amide bonds. The van der Waals surface area contributed by atoms with Crippen molar-refractivity contribution in [1.82, 2.24) is 39.0 Å². The molecule has 130 heavy (non-hydrogen) atoms. The number of furan rings is 2. The van der Waals surface area contributed by atoms with Gasteiger partial charge in [0.25, 0.3) is 0 Å². The van der Waals surface area contributed by atoms with E-state index >= 15 is 0 Å². The number of aromatic nitrogens is 8. The van der Waals surface area contributed by atoms with Crippen molar-refractivity contribution in [3.63, 3.8) is 0 Å². The van der Waals surface area contributed by atoms with Gasteiger partial charge in [0.05, 0.1) is 22.1 Å². The highest BCUT2D eigenvalue weighted by Gasteiger charge is 2.25. The Morgan fingerprint density at radius 3 is 0.708 bits per heavy atom. The molecule has 0 unspecified atom stereocenters. The Morgan fingerprint density at radius 1 is 0.146 bits per heavy atom. The fraction of sp³-hybridized carbons (Fsp3) is 0. The van der Waals surface area contributed by atoms with E-state index in [1.54, 1.807) is 0 Å². The van der Waals surface area contributed by atoms with Crippen LogP contribution in [0.2, 0.25) is 0 Å². The Bertz CT molecular complexity index is 8530. The lowest BCUT2D eigenvalue weighted by Gasteiger charge is -2.11. The second kappa shape index (κ2) is 32.5. The van der Waals surface area contributed by atoms with E-state index in [2.05, 4.69) is 446 Å². The molecule has 25 aromatic rings. The van der Waals surface area contributed by atoms with Gasteiger partial charge in [0.2, 0.25) is 0 Å². The summed E-state index contributed by atoms with van der Waals surface area (Å²) in [5.41, 5.74) is 30.9. The van der Waals surface area contributed by atoms with Crippen LogP contribution >= 0.6 is 0 Å². The fourth-order valence-electron chi connectivity index (χ4n) is 18.5. The molecular weight excluding hydrogens is 1590 g/mol. The summed E-state index contributed by atoms with van der Waals surface area (Å²) in [6.45, 7) is 0. The van der Waals surface area contributed by atoms with Crippen LogP contribution in [0.25, 0.3) is 245 Å². The van der Waals surface area contributed by atoms with Gasteiger partial charge < -0.3 is 18.0 Å². The summed E-state index contributed by atoms with van der Waals surface area (Å²) in [7, 11) is 0. The van der Waals surface area contributed by atoms with Gasteiger partial charge in [-0.1, -0.05) is 370 Å². The van der Waals surface area contributed by atoms with Gasteiger partial charge in [-0.15, -0.1) is 0 Å². The van der Waals surface area contributed by atoms with Crippen molar-refractivity contribution < 1.29 is 8.83 Å². The quantitative estimate of drug-likeness (QED) is 0.0997. The fourth-order valence-corrected chi connectivity index (χ4v) is 18.5.